The van der Waals surface area contributed by atoms with E-state index in [-0.39, 0.29) is 11.9 Å². The highest BCUT2D eigenvalue weighted by Gasteiger charge is 2.33. The third-order valence-electron chi connectivity index (χ3n) is 3.34. The van der Waals surface area contributed by atoms with Crippen LogP contribution >= 0.6 is 0 Å². The minimum atomic E-state index is -0.876. The Morgan fingerprint density at radius 2 is 2.11 bits per heavy atom. The number of urea groups is 1. The fourth-order valence-electron chi connectivity index (χ4n) is 2.07. The number of rotatable bonds is 5. The van der Waals surface area contributed by atoms with Crippen LogP contribution in [0.5, 0.6) is 0 Å². The second-order valence-electron chi connectivity index (χ2n) is 4.73. The number of likely N-dealkylation sites (N-methyl/N-ethyl adjacent to an activating group) is 1. The van der Waals surface area contributed by atoms with Crippen molar-refractivity contribution in [3.05, 3.63) is 0 Å². The van der Waals surface area contributed by atoms with Crippen molar-refractivity contribution < 1.29 is 19.5 Å². The fraction of sp³-hybridized carbons (Fsp3) is 0.750. The highest BCUT2D eigenvalue weighted by Crippen LogP contribution is 2.17. The van der Waals surface area contributed by atoms with Crippen LogP contribution in [0.15, 0.2) is 0 Å². The Balaban J connectivity index is 2.40. The fourth-order valence-corrected chi connectivity index (χ4v) is 2.07. The monoisotopic (exact) mass is 271 g/mol. The quantitative estimate of drug-likeness (QED) is 0.656. The molecule has 7 nitrogen and oxygen atoms in total. The van der Waals surface area contributed by atoms with Gasteiger partial charge in [-0.3, -0.25) is 9.59 Å². The zero-order valence-electron chi connectivity index (χ0n) is 11.3. The maximum absolute atomic E-state index is 11.9. The number of carbonyl (C=O) groups is 3. The molecule has 3 N–H and O–H groups in total. The van der Waals surface area contributed by atoms with E-state index in [4.69, 9.17) is 5.11 Å². The van der Waals surface area contributed by atoms with Gasteiger partial charge in [-0.25, -0.2) is 4.79 Å². The van der Waals surface area contributed by atoms with Crippen LogP contribution in [0.1, 0.15) is 26.2 Å². The molecule has 7 heteroatoms. The van der Waals surface area contributed by atoms with E-state index in [0.717, 1.165) is 6.42 Å². The van der Waals surface area contributed by atoms with Gasteiger partial charge in [0, 0.05) is 20.1 Å². The third kappa shape index (κ3) is 4.11. The van der Waals surface area contributed by atoms with E-state index in [2.05, 4.69) is 10.6 Å². The molecule has 0 radical (unpaired) electrons. The summed E-state index contributed by atoms with van der Waals surface area (Å²) in [6.07, 6.45) is 1.84. The molecule has 1 heterocycles. The largest absolute Gasteiger partial charge is 0.481 e. The molecule has 19 heavy (non-hydrogen) atoms. The Morgan fingerprint density at radius 3 is 2.68 bits per heavy atom. The van der Waals surface area contributed by atoms with Crippen LogP contribution in [0.2, 0.25) is 0 Å². The highest BCUT2D eigenvalue weighted by molar-refractivity contribution is 5.87. The Kier molecular flexibility index (Phi) is 5.59. The molecular formula is C12H21N3O4. The van der Waals surface area contributed by atoms with Gasteiger partial charge in [-0.1, -0.05) is 6.92 Å². The zero-order chi connectivity index (χ0) is 14.4. The molecule has 0 aromatic heterocycles. The van der Waals surface area contributed by atoms with Crippen molar-refractivity contribution in [1.29, 1.82) is 0 Å². The van der Waals surface area contributed by atoms with Crippen molar-refractivity contribution in [2.75, 3.05) is 20.1 Å². The zero-order valence-corrected chi connectivity index (χ0v) is 11.3. The van der Waals surface area contributed by atoms with E-state index in [0.29, 0.717) is 25.9 Å². The topological polar surface area (TPSA) is 98.7 Å². The second-order valence-corrected chi connectivity index (χ2v) is 4.73. The first kappa shape index (κ1) is 15.3. The summed E-state index contributed by atoms with van der Waals surface area (Å²) in [6.45, 7) is 2.44. The lowest BCUT2D eigenvalue weighted by molar-refractivity contribution is -0.141. The molecule has 1 rings (SSSR count). The van der Waals surface area contributed by atoms with E-state index < -0.39 is 17.9 Å². The standard InChI is InChI=1S/C12H21N3O4/c1-8(11(17)18)5-6-14-12(19)15-7-3-4-9(15)10(16)13-2/h8-9H,3-7H2,1-2H3,(H,13,16)(H,14,19)(H,17,18). The van der Waals surface area contributed by atoms with Crippen LogP contribution in [-0.2, 0) is 9.59 Å². The van der Waals surface area contributed by atoms with Crippen LogP contribution < -0.4 is 10.6 Å². The first-order valence-corrected chi connectivity index (χ1v) is 6.46. The number of hydrogen-bond acceptors (Lipinski definition) is 3. The highest BCUT2D eigenvalue weighted by atomic mass is 16.4. The smallest absolute Gasteiger partial charge is 0.318 e. The number of carbonyl (C=O) groups excluding carboxylic acids is 2. The van der Waals surface area contributed by atoms with Gasteiger partial charge >= 0.3 is 12.0 Å². The number of nitrogens with zero attached hydrogens (tertiary/aromatic N) is 1. The second kappa shape index (κ2) is 6.96. The Bertz CT molecular complexity index is 359. The number of aliphatic carboxylic acids is 1. The van der Waals surface area contributed by atoms with Gasteiger partial charge in [0.15, 0.2) is 0 Å². The number of nitrogens with one attached hydrogen (secondary N) is 2. The van der Waals surface area contributed by atoms with Gasteiger partial charge in [0.25, 0.3) is 0 Å². The van der Waals surface area contributed by atoms with Gasteiger partial charge in [0.05, 0.1) is 5.92 Å². The Labute approximate surface area is 112 Å². The molecule has 0 spiro atoms. The summed E-state index contributed by atoms with van der Waals surface area (Å²) in [5.41, 5.74) is 0. The maximum atomic E-state index is 11.9. The molecule has 0 aromatic carbocycles. The molecule has 0 aromatic rings. The number of amides is 3. The average Bonchev–Trinajstić information content (AvgIpc) is 2.86. The van der Waals surface area contributed by atoms with Crippen LogP contribution in [0.4, 0.5) is 4.79 Å². The lowest BCUT2D eigenvalue weighted by atomic mass is 10.1. The molecular weight excluding hydrogens is 250 g/mol. The Hall–Kier alpha value is -1.79. The van der Waals surface area contributed by atoms with Crippen LogP contribution in [0.25, 0.3) is 0 Å². The van der Waals surface area contributed by atoms with Crippen molar-refractivity contribution >= 4 is 17.9 Å². The van der Waals surface area contributed by atoms with Crippen molar-refractivity contribution in [3.8, 4) is 0 Å². The van der Waals surface area contributed by atoms with Crippen LogP contribution in [-0.4, -0.2) is 54.1 Å². The lowest BCUT2D eigenvalue weighted by Crippen LogP contribution is -2.49. The summed E-state index contributed by atoms with van der Waals surface area (Å²) >= 11 is 0. The summed E-state index contributed by atoms with van der Waals surface area (Å²) in [5, 5.41) is 13.9. The van der Waals surface area contributed by atoms with E-state index in [1.54, 1.807) is 14.0 Å². The predicted octanol–water partition coefficient (Wildman–Crippen LogP) is 0.0172. The van der Waals surface area contributed by atoms with Crippen LogP contribution in [0.3, 0.4) is 0 Å². The van der Waals surface area contributed by atoms with Crippen molar-refractivity contribution in [2.45, 2.75) is 32.2 Å². The van der Waals surface area contributed by atoms with Gasteiger partial charge < -0.3 is 20.6 Å². The molecule has 3 amide bonds. The molecule has 1 fully saturated rings. The third-order valence-corrected chi connectivity index (χ3v) is 3.34. The normalized spacial score (nSPS) is 19.9. The average molecular weight is 271 g/mol. The maximum Gasteiger partial charge on any atom is 0.318 e. The minimum Gasteiger partial charge on any atom is -0.481 e. The van der Waals surface area contributed by atoms with E-state index in [1.807, 2.05) is 0 Å². The Morgan fingerprint density at radius 1 is 1.42 bits per heavy atom. The molecule has 0 bridgehead atoms. The first-order chi connectivity index (χ1) is 8.97. The van der Waals surface area contributed by atoms with Crippen molar-refractivity contribution in [2.24, 2.45) is 5.92 Å². The van der Waals surface area contributed by atoms with E-state index in [1.165, 1.54) is 4.90 Å². The molecule has 2 unspecified atom stereocenters. The van der Waals surface area contributed by atoms with Crippen molar-refractivity contribution in [1.82, 2.24) is 15.5 Å². The molecule has 2 atom stereocenters. The lowest BCUT2D eigenvalue weighted by Gasteiger charge is -2.23. The summed E-state index contributed by atoms with van der Waals surface area (Å²) in [5.74, 6) is -1.53. The van der Waals surface area contributed by atoms with Gasteiger partial charge in [-0.15, -0.1) is 0 Å². The predicted molar refractivity (Wildman–Crippen MR) is 68.6 cm³/mol. The molecule has 108 valence electrons. The summed E-state index contributed by atoms with van der Waals surface area (Å²) in [6, 6.07) is -0.717. The SMILES string of the molecule is CNC(=O)C1CCCN1C(=O)NCCC(C)C(=O)O. The van der Waals surface area contributed by atoms with Crippen molar-refractivity contribution in [3.63, 3.8) is 0 Å². The van der Waals surface area contributed by atoms with Gasteiger partial charge in [0.2, 0.25) is 5.91 Å². The number of likely N-dealkylation sites (tertiary alicyclic amines) is 1. The van der Waals surface area contributed by atoms with E-state index >= 15 is 0 Å². The molecule has 1 aliphatic rings. The minimum absolute atomic E-state index is 0.161. The number of carboxylic acids is 1. The van der Waals surface area contributed by atoms with Gasteiger partial charge in [-0.05, 0) is 19.3 Å². The first-order valence-electron chi connectivity index (χ1n) is 6.46. The van der Waals surface area contributed by atoms with Gasteiger partial charge in [0.1, 0.15) is 6.04 Å². The molecule has 0 saturated carbocycles. The summed E-state index contributed by atoms with van der Waals surface area (Å²) in [4.78, 5) is 35.6. The number of hydrogen-bond donors (Lipinski definition) is 3. The van der Waals surface area contributed by atoms with Gasteiger partial charge in [-0.2, -0.15) is 0 Å². The van der Waals surface area contributed by atoms with E-state index in [9.17, 15) is 14.4 Å². The summed E-state index contributed by atoms with van der Waals surface area (Å²) < 4.78 is 0. The summed E-state index contributed by atoms with van der Waals surface area (Å²) in [7, 11) is 1.55. The molecule has 1 aliphatic heterocycles. The molecule has 0 aliphatic carbocycles. The number of carboxylic acid groups (broad SMARTS) is 1. The molecule has 1 saturated heterocycles. The van der Waals surface area contributed by atoms with Crippen LogP contribution in [0, 0.1) is 5.92 Å².